The molecular formula is C14H19ClN2O3. The predicted octanol–water partition coefficient (Wildman–Crippen LogP) is 3.19. The lowest BCUT2D eigenvalue weighted by Gasteiger charge is -2.21. The molecule has 0 radical (unpaired) electrons. The number of hydrogen-bond acceptors (Lipinski definition) is 3. The van der Waals surface area contributed by atoms with Gasteiger partial charge in [-0.15, -0.1) is 0 Å². The van der Waals surface area contributed by atoms with Gasteiger partial charge in [0.2, 0.25) is 5.91 Å². The summed E-state index contributed by atoms with van der Waals surface area (Å²) >= 11 is 5.82. The van der Waals surface area contributed by atoms with E-state index in [1.807, 2.05) is 0 Å². The average molecular weight is 299 g/mol. The van der Waals surface area contributed by atoms with Crippen molar-refractivity contribution in [2.24, 2.45) is 0 Å². The third kappa shape index (κ3) is 5.93. The third-order valence-electron chi connectivity index (χ3n) is 2.22. The molecule has 110 valence electrons. The molecule has 0 spiro atoms. The molecule has 0 aliphatic heterocycles. The van der Waals surface area contributed by atoms with Crippen LogP contribution in [0.25, 0.3) is 0 Å². The minimum absolute atomic E-state index is 0.349. The average Bonchev–Trinajstić information content (AvgIpc) is 2.25. The fourth-order valence-corrected chi connectivity index (χ4v) is 1.56. The standard InChI is InChI=1S/C14H19ClN2O3/c1-9(16-13(19)20-14(2,3)4)12(18)17-11-7-5-6-10(15)8-11/h5-9H,1-4H3,(H,16,19)(H,17,18). The van der Waals surface area contributed by atoms with Crippen LogP contribution < -0.4 is 10.6 Å². The molecule has 1 unspecified atom stereocenters. The van der Waals surface area contributed by atoms with Gasteiger partial charge in [0, 0.05) is 10.7 Å². The van der Waals surface area contributed by atoms with Gasteiger partial charge in [0.15, 0.2) is 0 Å². The molecule has 0 saturated carbocycles. The number of hydrogen-bond donors (Lipinski definition) is 2. The highest BCUT2D eigenvalue weighted by Gasteiger charge is 2.21. The molecule has 2 N–H and O–H groups in total. The molecule has 0 heterocycles. The van der Waals surface area contributed by atoms with Gasteiger partial charge in [0.1, 0.15) is 11.6 Å². The first-order valence-corrected chi connectivity index (χ1v) is 6.61. The van der Waals surface area contributed by atoms with Gasteiger partial charge >= 0.3 is 6.09 Å². The van der Waals surface area contributed by atoms with Crippen molar-refractivity contribution in [1.82, 2.24) is 5.32 Å². The van der Waals surface area contributed by atoms with E-state index in [4.69, 9.17) is 16.3 Å². The number of amides is 2. The maximum absolute atomic E-state index is 11.9. The second-order valence-electron chi connectivity index (χ2n) is 5.37. The first-order valence-electron chi connectivity index (χ1n) is 6.23. The molecule has 1 rings (SSSR count). The molecule has 6 heteroatoms. The van der Waals surface area contributed by atoms with Crippen molar-refractivity contribution in [1.29, 1.82) is 0 Å². The van der Waals surface area contributed by atoms with Crippen molar-refractivity contribution < 1.29 is 14.3 Å². The van der Waals surface area contributed by atoms with Crippen LogP contribution in [0, 0.1) is 0 Å². The van der Waals surface area contributed by atoms with Crippen LogP contribution in [-0.4, -0.2) is 23.6 Å². The van der Waals surface area contributed by atoms with E-state index in [0.717, 1.165) is 0 Å². The summed E-state index contributed by atoms with van der Waals surface area (Å²) in [4.78, 5) is 23.4. The van der Waals surface area contributed by atoms with Gasteiger partial charge in [-0.1, -0.05) is 17.7 Å². The van der Waals surface area contributed by atoms with Crippen molar-refractivity contribution in [2.75, 3.05) is 5.32 Å². The van der Waals surface area contributed by atoms with Gasteiger partial charge in [0.25, 0.3) is 0 Å². The number of alkyl carbamates (subject to hydrolysis) is 1. The molecule has 1 atom stereocenters. The van der Waals surface area contributed by atoms with E-state index in [9.17, 15) is 9.59 Å². The van der Waals surface area contributed by atoms with Crippen molar-refractivity contribution in [2.45, 2.75) is 39.3 Å². The molecule has 1 aromatic carbocycles. The van der Waals surface area contributed by atoms with E-state index < -0.39 is 17.7 Å². The molecule has 0 aromatic heterocycles. The Labute approximate surface area is 123 Å². The number of anilines is 1. The monoisotopic (exact) mass is 298 g/mol. The van der Waals surface area contributed by atoms with Crippen LogP contribution >= 0.6 is 11.6 Å². The smallest absolute Gasteiger partial charge is 0.408 e. The highest BCUT2D eigenvalue weighted by Crippen LogP contribution is 2.15. The number of ether oxygens (including phenoxy) is 1. The van der Waals surface area contributed by atoms with Gasteiger partial charge in [-0.3, -0.25) is 4.79 Å². The Kier molecular flexibility index (Phi) is 5.39. The van der Waals surface area contributed by atoms with Crippen molar-refractivity contribution in [3.63, 3.8) is 0 Å². The van der Waals surface area contributed by atoms with Gasteiger partial charge in [-0.2, -0.15) is 0 Å². The Morgan fingerprint density at radius 2 is 1.95 bits per heavy atom. The Balaban J connectivity index is 2.53. The van der Waals surface area contributed by atoms with E-state index in [2.05, 4.69) is 10.6 Å². The lowest BCUT2D eigenvalue weighted by molar-refractivity contribution is -0.117. The quantitative estimate of drug-likeness (QED) is 0.900. The first-order chi connectivity index (χ1) is 9.17. The highest BCUT2D eigenvalue weighted by atomic mass is 35.5. The number of benzene rings is 1. The summed E-state index contributed by atoms with van der Waals surface area (Å²) in [6.45, 7) is 6.83. The van der Waals surface area contributed by atoms with Gasteiger partial charge < -0.3 is 15.4 Å². The van der Waals surface area contributed by atoms with Crippen molar-refractivity contribution >= 4 is 29.3 Å². The lowest BCUT2D eigenvalue weighted by Crippen LogP contribution is -2.43. The van der Waals surface area contributed by atoms with Crippen molar-refractivity contribution in [3.05, 3.63) is 29.3 Å². The van der Waals surface area contributed by atoms with Crippen molar-refractivity contribution in [3.8, 4) is 0 Å². The Morgan fingerprint density at radius 3 is 2.50 bits per heavy atom. The maximum atomic E-state index is 11.9. The van der Waals surface area contributed by atoms with E-state index in [1.165, 1.54) is 0 Å². The molecular weight excluding hydrogens is 280 g/mol. The summed E-state index contributed by atoms with van der Waals surface area (Å²) < 4.78 is 5.08. The maximum Gasteiger partial charge on any atom is 0.408 e. The zero-order valence-corrected chi connectivity index (χ0v) is 12.7. The van der Waals surface area contributed by atoms with Crippen LogP contribution in [0.1, 0.15) is 27.7 Å². The van der Waals surface area contributed by atoms with Crippen LogP contribution in [-0.2, 0) is 9.53 Å². The Morgan fingerprint density at radius 1 is 1.30 bits per heavy atom. The largest absolute Gasteiger partial charge is 0.444 e. The molecule has 0 aliphatic carbocycles. The van der Waals surface area contributed by atoms with E-state index in [1.54, 1.807) is 52.0 Å². The zero-order chi connectivity index (χ0) is 15.3. The van der Waals surface area contributed by atoms with E-state index >= 15 is 0 Å². The van der Waals surface area contributed by atoms with E-state index in [0.29, 0.717) is 10.7 Å². The Bertz CT molecular complexity index is 497. The number of rotatable bonds is 3. The summed E-state index contributed by atoms with van der Waals surface area (Å²) in [6.07, 6.45) is -0.633. The molecule has 0 saturated heterocycles. The van der Waals surface area contributed by atoms with E-state index in [-0.39, 0.29) is 5.91 Å². The first kappa shape index (κ1) is 16.3. The SMILES string of the molecule is CC(NC(=O)OC(C)(C)C)C(=O)Nc1cccc(Cl)c1. The molecule has 20 heavy (non-hydrogen) atoms. The summed E-state index contributed by atoms with van der Waals surface area (Å²) in [5.74, 6) is -0.349. The number of carbonyl (C=O) groups is 2. The molecule has 0 aliphatic rings. The molecule has 0 bridgehead atoms. The normalized spacial score (nSPS) is 12.4. The lowest BCUT2D eigenvalue weighted by atomic mass is 10.2. The summed E-state index contributed by atoms with van der Waals surface area (Å²) in [5.41, 5.74) is -0.0342. The fraction of sp³-hybridized carbons (Fsp3) is 0.429. The summed E-state index contributed by atoms with van der Waals surface area (Å²) in [7, 11) is 0. The van der Waals surface area contributed by atoms with Crippen LogP contribution in [0.5, 0.6) is 0 Å². The molecule has 0 fully saturated rings. The van der Waals surface area contributed by atoms with Crippen LogP contribution in [0.3, 0.4) is 0 Å². The second-order valence-corrected chi connectivity index (χ2v) is 5.80. The van der Waals surface area contributed by atoms with Crippen LogP contribution in [0.2, 0.25) is 5.02 Å². The molecule has 2 amide bonds. The summed E-state index contributed by atoms with van der Waals surface area (Å²) in [6, 6.07) is 6.05. The third-order valence-corrected chi connectivity index (χ3v) is 2.45. The summed E-state index contributed by atoms with van der Waals surface area (Å²) in [5, 5.41) is 5.65. The zero-order valence-electron chi connectivity index (χ0n) is 12.0. The number of nitrogens with one attached hydrogen (secondary N) is 2. The van der Waals surface area contributed by atoms with Crippen LogP contribution in [0.15, 0.2) is 24.3 Å². The number of carbonyl (C=O) groups excluding carboxylic acids is 2. The second kappa shape index (κ2) is 6.61. The molecule has 5 nitrogen and oxygen atoms in total. The van der Waals surface area contributed by atoms with Gasteiger partial charge in [-0.25, -0.2) is 4.79 Å². The highest BCUT2D eigenvalue weighted by molar-refractivity contribution is 6.30. The number of halogens is 1. The fourth-order valence-electron chi connectivity index (χ4n) is 1.37. The minimum Gasteiger partial charge on any atom is -0.444 e. The topological polar surface area (TPSA) is 67.4 Å². The van der Waals surface area contributed by atoms with Gasteiger partial charge in [0.05, 0.1) is 0 Å². The minimum atomic E-state index is -0.719. The van der Waals surface area contributed by atoms with Crippen LogP contribution in [0.4, 0.5) is 10.5 Å². The molecule has 1 aromatic rings. The van der Waals surface area contributed by atoms with Gasteiger partial charge in [-0.05, 0) is 45.9 Å². The predicted molar refractivity (Wildman–Crippen MR) is 78.9 cm³/mol. The Hall–Kier alpha value is -1.75.